The highest BCUT2D eigenvalue weighted by molar-refractivity contribution is 5.79. The van der Waals surface area contributed by atoms with Gasteiger partial charge in [0.05, 0.1) is 12.1 Å². The van der Waals surface area contributed by atoms with Gasteiger partial charge in [0.25, 0.3) is 0 Å². The minimum Gasteiger partial charge on any atom is -0.381 e. The Morgan fingerprint density at radius 1 is 1.45 bits per heavy atom. The van der Waals surface area contributed by atoms with Gasteiger partial charge >= 0.3 is 0 Å². The molecule has 0 unspecified atom stereocenters. The van der Waals surface area contributed by atoms with Crippen LogP contribution in [0.15, 0.2) is 0 Å². The molecule has 0 aliphatic heterocycles. The van der Waals surface area contributed by atoms with Gasteiger partial charge in [-0.1, -0.05) is 0 Å². The Morgan fingerprint density at radius 2 is 2.20 bits per heavy atom. The summed E-state index contributed by atoms with van der Waals surface area (Å²) in [6.07, 6.45) is 3.93. The third-order valence-electron chi connectivity index (χ3n) is 3.83. The quantitative estimate of drug-likeness (QED) is 0.734. The van der Waals surface area contributed by atoms with Crippen LogP contribution in [0.5, 0.6) is 0 Å². The molecule has 1 N–H and O–H groups in total. The summed E-state index contributed by atoms with van der Waals surface area (Å²) >= 11 is 0. The number of carbonyl (C=O) groups is 1. The molecule has 0 radical (unpaired) electrons. The molecule has 1 aromatic heterocycles. The van der Waals surface area contributed by atoms with Crippen LogP contribution >= 0.6 is 0 Å². The van der Waals surface area contributed by atoms with Crippen LogP contribution in [0.1, 0.15) is 36.2 Å². The monoisotopic (exact) mass is 279 g/mol. The minimum atomic E-state index is 0.0615. The fourth-order valence-corrected chi connectivity index (χ4v) is 2.23. The first kappa shape index (κ1) is 15.0. The maximum atomic E-state index is 11.9. The normalized spacial score (nSPS) is 14.6. The van der Waals surface area contributed by atoms with Crippen molar-refractivity contribution in [2.24, 2.45) is 13.0 Å². The molecule has 20 heavy (non-hydrogen) atoms. The van der Waals surface area contributed by atoms with Gasteiger partial charge in [-0.3, -0.25) is 9.48 Å². The van der Waals surface area contributed by atoms with Gasteiger partial charge in [0.1, 0.15) is 0 Å². The van der Waals surface area contributed by atoms with Crippen molar-refractivity contribution in [1.29, 1.82) is 0 Å². The highest BCUT2D eigenvalue weighted by atomic mass is 16.5. The number of ether oxygens (including phenoxy) is 1. The van der Waals surface area contributed by atoms with Gasteiger partial charge in [0.2, 0.25) is 5.91 Å². The Morgan fingerprint density at radius 3 is 2.80 bits per heavy atom. The topological polar surface area (TPSA) is 56.2 Å². The van der Waals surface area contributed by atoms with Gasteiger partial charge in [0, 0.05) is 38.1 Å². The smallest absolute Gasteiger partial charge is 0.224 e. The van der Waals surface area contributed by atoms with Crippen LogP contribution in [-0.2, 0) is 23.0 Å². The average molecular weight is 279 g/mol. The number of nitrogens with one attached hydrogen (secondary N) is 1. The molecule has 1 amide bonds. The summed E-state index contributed by atoms with van der Waals surface area (Å²) in [4.78, 5) is 11.9. The standard InChI is InChI=1S/C15H25N3O2/c1-11-14(12(2)18(3)17-11)9-15(19)16-7-4-8-20-10-13-5-6-13/h13H,4-10H2,1-3H3,(H,16,19). The number of rotatable bonds is 8. The summed E-state index contributed by atoms with van der Waals surface area (Å²) < 4.78 is 7.36. The van der Waals surface area contributed by atoms with E-state index in [2.05, 4.69) is 10.4 Å². The summed E-state index contributed by atoms with van der Waals surface area (Å²) in [5.41, 5.74) is 3.04. The van der Waals surface area contributed by atoms with E-state index in [-0.39, 0.29) is 5.91 Å². The molecule has 0 aromatic carbocycles. The molecule has 0 spiro atoms. The van der Waals surface area contributed by atoms with Crippen LogP contribution in [0, 0.1) is 19.8 Å². The number of amides is 1. The van der Waals surface area contributed by atoms with Crippen molar-refractivity contribution in [2.75, 3.05) is 19.8 Å². The molecule has 112 valence electrons. The zero-order valence-electron chi connectivity index (χ0n) is 12.7. The van der Waals surface area contributed by atoms with E-state index in [9.17, 15) is 4.79 Å². The fraction of sp³-hybridized carbons (Fsp3) is 0.733. The molecule has 1 fully saturated rings. The van der Waals surface area contributed by atoms with E-state index < -0.39 is 0 Å². The summed E-state index contributed by atoms with van der Waals surface area (Å²) in [7, 11) is 1.90. The number of carbonyl (C=O) groups excluding carboxylic acids is 1. The SMILES string of the molecule is Cc1nn(C)c(C)c1CC(=O)NCCCOCC1CC1. The van der Waals surface area contributed by atoms with Crippen molar-refractivity contribution in [3.8, 4) is 0 Å². The lowest BCUT2D eigenvalue weighted by molar-refractivity contribution is -0.120. The molecular formula is C15H25N3O2. The van der Waals surface area contributed by atoms with Crippen LogP contribution in [-0.4, -0.2) is 35.4 Å². The Balaban J connectivity index is 1.61. The summed E-state index contributed by atoms with van der Waals surface area (Å²) in [6.45, 7) is 6.25. The van der Waals surface area contributed by atoms with E-state index in [1.54, 1.807) is 0 Å². The number of aromatic nitrogens is 2. The lowest BCUT2D eigenvalue weighted by Gasteiger charge is -2.06. The van der Waals surface area contributed by atoms with Crippen molar-refractivity contribution >= 4 is 5.91 Å². The molecule has 1 aromatic rings. The Hall–Kier alpha value is -1.36. The lowest BCUT2D eigenvalue weighted by Crippen LogP contribution is -2.27. The van der Waals surface area contributed by atoms with E-state index >= 15 is 0 Å². The summed E-state index contributed by atoms with van der Waals surface area (Å²) in [5.74, 6) is 0.868. The zero-order chi connectivity index (χ0) is 14.5. The maximum Gasteiger partial charge on any atom is 0.224 e. The fourth-order valence-electron chi connectivity index (χ4n) is 2.23. The van der Waals surface area contributed by atoms with Crippen LogP contribution in [0.3, 0.4) is 0 Å². The number of aryl methyl sites for hydroxylation is 2. The molecule has 1 heterocycles. The molecule has 0 atom stereocenters. The molecular weight excluding hydrogens is 254 g/mol. The molecule has 1 saturated carbocycles. The van der Waals surface area contributed by atoms with E-state index in [1.807, 2.05) is 25.6 Å². The molecule has 5 nitrogen and oxygen atoms in total. The van der Waals surface area contributed by atoms with Crippen molar-refractivity contribution in [3.05, 3.63) is 17.0 Å². The third kappa shape index (κ3) is 4.34. The zero-order valence-corrected chi connectivity index (χ0v) is 12.7. The molecule has 2 rings (SSSR count). The summed E-state index contributed by atoms with van der Waals surface area (Å²) in [5, 5.41) is 7.27. The number of hydrogen-bond donors (Lipinski definition) is 1. The summed E-state index contributed by atoms with van der Waals surface area (Å²) in [6, 6.07) is 0. The highest BCUT2D eigenvalue weighted by Gasteiger charge is 2.20. The van der Waals surface area contributed by atoms with Crippen molar-refractivity contribution in [1.82, 2.24) is 15.1 Å². The first-order valence-electron chi connectivity index (χ1n) is 7.41. The van der Waals surface area contributed by atoms with Gasteiger partial charge in [-0.25, -0.2) is 0 Å². The van der Waals surface area contributed by atoms with Crippen LogP contribution in [0.25, 0.3) is 0 Å². The van der Waals surface area contributed by atoms with E-state index in [0.717, 1.165) is 42.5 Å². The van der Waals surface area contributed by atoms with Gasteiger partial charge in [-0.2, -0.15) is 5.10 Å². The second-order valence-corrected chi connectivity index (χ2v) is 5.67. The van der Waals surface area contributed by atoms with Gasteiger partial charge < -0.3 is 10.1 Å². The van der Waals surface area contributed by atoms with Crippen LogP contribution < -0.4 is 5.32 Å². The van der Waals surface area contributed by atoms with Crippen LogP contribution in [0.4, 0.5) is 0 Å². The predicted molar refractivity (Wildman–Crippen MR) is 77.6 cm³/mol. The first-order chi connectivity index (χ1) is 9.58. The Labute approximate surface area is 120 Å². The largest absolute Gasteiger partial charge is 0.381 e. The van der Waals surface area contributed by atoms with Crippen LogP contribution in [0.2, 0.25) is 0 Å². The Bertz CT molecular complexity index is 464. The first-order valence-corrected chi connectivity index (χ1v) is 7.41. The predicted octanol–water partition coefficient (Wildman–Crippen LogP) is 1.51. The molecule has 0 saturated heterocycles. The van der Waals surface area contributed by atoms with Gasteiger partial charge in [0.15, 0.2) is 0 Å². The highest BCUT2D eigenvalue weighted by Crippen LogP contribution is 2.28. The lowest BCUT2D eigenvalue weighted by atomic mass is 10.1. The molecule has 5 heteroatoms. The molecule has 1 aliphatic carbocycles. The van der Waals surface area contributed by atoms with E-state index in [0.29, 0.717) is 13.0 Å². The third-order valence-corrected chi connectivity index (χ3v) is 3.83. The maximum absolute atomic E-state index is 11.9. The second-order valence-electron chi connectivity index (χ2n) is 5.67. The molecule has 0 bridgehead atoms. The average Bonchev–Trinajstić information content (AvgIpc) is 3.19. The molecule has 1 aliphatic rings. The number of hydrogen-bond acceptors (Lipinski definition) is 3. The van der Waals surface area contributed by atoms with Crippen molar-refractivity contribution in [3.63, 3.8) is 0 Å². The van der Waals surface area contributed by atoms with E-state index in [1.165, 1.54) is 12.8 Å². The van der Waals surface area contributed by atoms with E-state index in [4.69, 9.17) is 4.74 Å². The van der Waals surface area contributed by atoms with Crippen molar-refractivity contribution in [2.45, 2.75) is 39.5 Å². The number of nitrogens with zero attached hydrogens (tertiary/aromatic N) is 2. The van der Waals surface area contributed by atoms with Gasteiger partial charge in [-0.05, 0) is 39.0 Å². The van der Waals surface area contributed by atoms with Crippen molar-refractivity contribution < 1.29 is 9.53 Å². The Kier molecular flexibility index (Phi) is 5.17. The second kappa shape index (κ2) is 6.88. The van der Waals surface area contributed by atoms with Gasteiger partial charge in [-0.15, -0.1) is 0 Å². The minimum absolute atomic E-state index is 0.0615.